The van der Waals surface area contributed by atoms with Crippen molar-refractivity contribution in [2.24, 2.45) is 11.1 Å². The van der Waals surface area contributed by atoms with Gasteiger partial charge in [-0.05, 0) is 13.8 Å². The third-order valence-corrected chi connectivity index (χ3v) is 3.49. The number of carbonyl (C=O) groups is 2. The summed E-state index contributed by atoms with van der Waals surface area (Å²) in [5.74, 6) is -1.29. The van der Waals surface area contributed by atoms with E-state index in [-0.39, 0.29) is 0 Å². The van der Waals surface area contributed by atoms with Crippen molar-refractivity contribution in [2.75, 3.05) is 0 Å². The second-order valence-electron chi connectivity index (χ2n) is 3.66. The van der Waals surface area contributed by atoms with Crippen LogP contribution in [0.25, 0.3) is 0 Å². The summed E-state index contributed by atoms with van der Waals surface area (Å²) in [5, 5.41) is 0. The second kappa shape index (κ2) is 3.28. The molecule has 2 atom stereocenters. The lowest BCUT2D eigenvalue weighted by Gasteiger charge is -2.14. The molecule has 1 aliphatic rings. The fourth-order valence-corrected chi connectivity index (χ4v) is 1.66. The van der Waals surface area contributed by atoms with E-state index in [0.717, 1.165) is 0 Å². The average Bonchev–Trinajstić information content (AvgIpc) is 2.52. The molecule has 14 heavy (non-hydrogen) atoms. The van der Waals surface area contributed by atoms with Gasteiger partial charge in [0.05, 0.1) is 0 Å². The van der Waals surface area contributed by atoms with Gasteiger partial charge in [-0.15, -0.1) is 23.2 Å². The maximum Gasteiger partial charge on any atom is 0.315 e. The van der Waals surface area contributed by atoms with Crippen molar-refractivity contribution in [1.82, 2.24) is 0 Å². The predicted octanol–water partition coefficient (Wildman–Crippen LogP) is 0.987. The van der Waals surface area contributed by atoms with E-state index < -0.39 is 27.7 Å². The summed E-state index contributed by atoms with van der Waals surface area (Å²) in [6.07, 6.45) is -0.628. The van der Waals surface area contributed by atoms with Crippen LogP contribution in [0.4, 0.5) is 0 Å². The summed E-state index contributed by atoms with van der Waals surface area (Å²) >= 11 is 11.5. The molecular formula is C8H11Cl2NO3. The maximum absolute atomic E-state index is 11.5. The smallest absolute Gasteiger partial charge is 0.315 e. The van der Waals surface area contributed by atoms with Crippen LogP contribution < -0.4 is 5.73 Å². The average molecular weight is 240 g/mol. The molecule has 0 aliphatic heterocycles. The first-order valence-electron chi connectivity index (χ1n) is 4.09. The van der Waals surface area contributed by atoms with E-state index in [4.69, 9.17) is 33.7 Å². The van der Waals surface area contributed by atoms with Gasteiger partial charge in [-0.3, -0.25) is 9.59 Å². The highest BCUT2D eigenvalue weighted by Gasteiger charge is 2.69. The maximum atomic E-state index is 11.5. The topological polar surface area (TPSA) is 69.4 Å². The second-order valence-corrected chi connectivity index (χ2v) is 5.15. The van der Waals surface area contributed by atoms with Crippen LogP contribution in [0, 0.1) is 5.41 Å². The molecule has 0 radical (unpaired) electrons. The van der Waals surface area contributed by atoms with Crippen molar-refractivity contribution in [3.63, 3.8) is 0 Å². The Kier molecular flexibility index (Phi) is 2.71. The summed E-state index contributed by atoms with van der Waals surface area (Å²) in [6.45, 7) is 2.99. The standard InChI is InChI=1S/C8H11Cl2NO3/c1-4(5(11)12)14-6(13)7(2)3-8(7,9)10/h4H,3H2,1-2H3,(H2,11,12)/t4-,7-/m1/s1. The number of primary amides is 1. The van der Waals surface area contributed by atoms with Crippen LogP contribution >= 0.6 is 23.2 Å². The number of ether oxygens (including phenoxy) is 1. The molecule has 1 fully saturated rings. The third-order valence-electron chi connectivity index (χ3n) is 2.39. The monoisotopic (exact) mass is 239 g/mol. The lowest BCUT2D eigenvalue weighted by Crippen LogP contribution is -2.34. The van der Waals surface area contributed by atoms with E-state index in [1.807, 2.05) is 0 Å². The van der Waals surface area contributed by atoms with Crippen molar-refractivity contribution >= 4 is 35.1 Å². The number of esters is 1. The molecule has 6 heteroatoms. The molecule has 0 aromatic rings. The van der Waals surface area contributed by atoms with Gasteiger partial charge in [-0.2, -0.15) is 0 Å². The number of hydrogen-bond acceptors (Lipinski definition) is 3. The minimum Gasteiger partial charge on any atom is -0.452 e. The molecule has 0 bridgehead atoms. The number of alkyl halides is 2. The Labute approximate surface area is 91.7 Å². The van der Waals surface area contributed by atoms with Crippen LogP contribution in [0.2, 0.25) is 0 Å². The molecule has 0 spiro atoms. The number of nitrogens with two attached hydrogens (primary N) is 1. The summed E-state index contributed by atoms with van der Waals surface area (Å²) in [7, 11) is 0. The molecule has 1 saturated carbocycles. The van der Waals surface area contributed by atoms with E-state index >= 15 is 0 Å². The van der Waals surface area contributed by atoms with Gasteiger partial charge < -0.3 is 10.5 Å². The number of halogens is 2. The number of rotatable bonds is 3. The predicted molar refractivity (Wildman–Crippen MR) is 51.9 cm³/mol. The first-order chi connectivity index (χ1) is 6.21. The molecule has 0 aromatic heterocycles. The Morgan fingerprint density at radius 2 is 1.93 bits per heavy atom. The van der Waals surface area contributed by atoms with Crippen LogP contribution in [-0.2, 0) is 14.3 Å². The Balaban J connectivity index is 2.57. The molecule has 80 valence electrons. The molecule has 0 unspecified atom stereocenters. The van der Waals surface area contributed by atoms with E-state index in [1.54, 1.807) is 6.92 Å². The molecule has 2 N–H and O–H groups in total. The Hall–Kier alpha value is -0.480. The summed E-state index contributed by atoms with van der Waals surface area (Å²) in [6, 6.07) is 0. The lowest BCUT2D eigenvalue weighted by molar-refractivity contribution is -0.158. The molecule has 1 aliphatic carbocycles. The van der Waals surface area contributed by atoms with Crippen molar-refractivity contribution < 1.29 is 14.3 Å². The highest BCUT2D eigenvalue weighted by Crippen LogP contribution is 2.64. The Morgan fingerprint density at radius 1 is 1.50 bits per heavy atom. The highest BCUT2D eigenvalue weighted by atomic mass is 35.5. The molecule has 0 heterocycles. The van der Waals surface area contributed by atoms with Crippen LogP contribution in [0.5, 0.6) is 0 Å². The zero-order valence-electron chi connectivity index (χ0n) is 7.84. The fourth-order valence-electron chi connectivity index (χ4n) is 0.970. The van der Waals surface area contributed by atoms with E-state index in [2.05, 4.69) is 0 Å². The van der Waals surface area contributed by atoms with Crippen molar-refractivity contribution in [1.29, 1.82) is 0 Å². The van der Waals surface area contributed by atoms with Crippen LogP contribution in [-0.4, -0.2) is 22.3 Å². The number of carbonyl (C=O) groups excluding carboxylic acids is 2. The highest BCUT2D eigenvalue weighted by molar-refractivity contribution is 6.53. The van der Waals surface area contributed by atoms with Crippen molar-refractivity contribution in [2.45, 2.75) is 30.7 Å². The zero-order valence-corrected chi connectivity index (χ0v) is 9.35. The Bertz CT molecular complexity index is 292. The SMILES string of the molecule is C[C@@H](OC(=O)[C@@]1(C)CC1(Cl)Cl)C(N)=O. The largest absolute Gasteiger partial charge is 0.452 e. The number of hydrogen-bond donors (Lipinski definition) is 1. The van der Waals surface area contributed by atoms with Crippen LogP contribution in [0.1, 0.15) is 20.3 Å². The van der Waals surface area contributed by atoms with Gasteiger partial charge in [0.1, 0.15) is 9.75 Å². The molecule has 1 amide bonds. The van der Waals surface area contributed by atoms with Gasteiger partial charge in [-0.25, -0.2) is 0 Å². The van der Waals surface area contributed by atoms with Gasteiger partial charge in [0.2, 0.25) is 0 Å². The number of amides is 1. The minimum absolute atomic E-state index is 0.327. The normalized spacial score (nSPS) is 30.6. The molecule has 0 saturated heterocycles. The molecule has 1 rings (SSSR count). The Morgan fingerprint density at radius 3 is 2.21 bits per heavy atom. The molecule has 4 nitrogen and oxygen atoms in total. The fraction of sp³-hybridized carbons (Fsp3) is 0.750. The molecule has 0 aromatic carbocycles. The first kappa shape index (κ1) is 11.6. The van der Waals surface area contributed by atoms with Crippen molar-refractivity contribution in [3.8, 4) is 0 Å². The van der Waals surface area contributed by atoms with Crippen LogP contribution in [0.3, 0.4) is 0 Å². The van der Waals surface area contributed by atoms with E-state index in [0.29, 0.717) is 6.42 Å². The van der Waals surface area contributed by atoms with Gasteiger partial charge in [0.25, 0.3) is 5.91 Å². The first-order valence-corrected chi connectivity index (χ1v) is 4.84. The molecular weight excluding hydrogens is 229 g/mol. The van der Waals surface area contributed by atoms with Crippen molar-refractivity contribution in [3.05, 3.63) is 0 Å². The van der Waals surface area contributed by atoms with Gasteiger partial charge >= 0.3 is 5.97 Å². The summed E-state index contributed by atoms with van der Waals surface area (Å²) in [4.78, 5) is 22.1. The van der Waals surface area contributed by atoms with Gasteiger partial charge in [0.15, 0.2) is 6.10 Å². The zero-order chi connectivity index (χ0) is 11.1. The van der Waals surface area contributed by atoms with E-state index in [9.17, 15) is 9.59 Å². The summed E-state index contributed by atoms with van der Waals surface area (Å²) in [5.41, 5.74) is 4.02. The van der Waals surface area contributed by atoms with E-state index in [1.165, 1.54) is 6.92 Å². The third kappa shape index (κ3) is 1.81. The quantitative estimate of drug-likeness (QED) is 0.590. The van der Waals surface area contributed by atoms with Gasteiger partial charge in [-0.1, -0.05) is 0 Å². The van der Waals surface area contributed by atoms with Crippen LogP contribution in [0.15, 0.2) is 0 Å². The minimum atomic E-state index is -1.08. The lowest BCUT2D eigenvalue weighted by atomic mass is 10.1. The summed E-state index contributed by atoms with van der Waals surface area (Å²) < 4.78 is 3.71. The van der Waals surface area contributed by atoms with Gasteiger partial charge in [0, 0.05) is 6.42 Å².